The lowest BCUT2D eigenvalue weighted by molar-refractivity contribution is 0.768. The van der Waals surface area contributed by atoms with Gasteiger partial charge in [-0.15, -0.1) is 0 Å². The van der Waals surface area contributed by atoms with Crippen LogP contribution in [0.25, 0.3) is 11.3 Å². The van der Waals surface area contributed by atoms with Gasteiger partial charge in [0.2, 0.25) is 0 Å². The molecule has 0 aliphatic carbocycles. The van der Waals surface area contributed by atoms with Gasteiger partial charge in [-0.25, -0.2) is 4.98 Å². The minimum Gasteiger partial charge on any atom is -0.380 e. The highest BCUT2D eigenvalue weighted by atomic mass is 15.2. The lowest BCUT2D eigenvalue weighted by Gasteiger charge is -2.27. The van der Waals surface area contributed by atoms with Crippen molar-refractivity contribution in [3.05, 3.63) is 24.5 Å². The summed E-state index contributed by atoms with van der Waals surface area (Å²) in [7, 11) is 3.98. The van der Waals surface area contributed by atoms with Gasteiger partial charge >= 0.3 is 0 Å². The Morgan fingerprint density at radius 2 is 2.00 bits per heavy atom. The Labute approximate surface area is 120 Å². The highest BCUT2D eigenvalue weighted by Gasteiger charge is 2.15. The number of nitrogens with one attached hydrogen (secondary N) is 1. The molecule has 2 aromatic rings. The van der Waals surface area contributed by atoms with E-state index in [-0.39, 0.29) is 0 Å². The van der Waals surface area contributed by atoms with E-state index in [0.29, 0.717) is 0 Å². The molecule has 20 heavy (non-hydrogen) atoms. The maximum Gasteiger partial charge on any atom is 0.152 e. The van der Waals surface area contributed by atoms with Crippen molar-refractivity contribution in [2.75, 3.05) is 30.4 Å². The second-order valence-electron chi connectivity index (χ2n) is 5.03. The van der Waals surface area contributed by atoms with Gasteiger partial charge in [-0.2, -0.15) is 5.10 Å². The first-order valence-electron chi connectivity index (χ1n) is 7.10. The molecule has 108 valence electrons. The van der Waals surface area contributed by atoms with E-state index in [4.69, 9.17) is 0 Å². The van der Waals surface area contributed by atoms with Crippen molar-refractivity contribution >= 4 is 11.5 Å². The molecule has 5 heteroatoms. The van der Waals surface area contributed by atoms with Gasteiger partial charge < -0.3 is 10.2 Å². The number of aryl methyl sites for hydroxylation is 1. The Balaban J connectivity index is 0.000000452. The van der Waals surface area contributed by atoms with E-state index in [1.54, 1.807) is 4.68 Å². The minimum atomic E-state index is 0.965. The molecule has 0 bridgehead atoms. The van der Waals surface area contributed by atoms with Gasteiger partial charge in [0.15, 0.2) is 5.82 Å². The van der Waals surface area contributed by atoms with Crippen molar-refractivity contribution in [1.29, 1.82) is 0 Å². The Hall–Kier alpha value is -2.04. The molecule has 0 aromatic carbocycles. The molecule has 1 aliphatic rings. The first-order valence-corrected chi connectivity index (χ1v) is 7.10. The molecule has 3 heterocycles. The molecule has 5 nitrogen and oxygen atoms in total. The van der Waals surface area contributed by atoms with Crippen LogP contribution in [0.4, 0.5) is 11.5 Å². The number of fused-ring (bicyclic) bond motifs is 1. The van der Waals surface area contributed by atoms with Crippen LogP contribution in [-0.4, -0.2) is 34.9 Å². The van der Waals surface area contributed by atoms with E-state index in [0.717, 1.165) is 35.9 Å². The maximum absolute atomic E-state index is 4.69. The molecular formula is C15H23N5. The topological polar surface area (TPSA) is 46.0 Å². The highest BCUT2D eigenvalue weighted by Crippen LogP contribution is 2.28. The Bertz CT molecular complexity index is 561. The second kappa shape index (κ2) is 6.41. The fourth-order valence-corrected chi connectivity index (χ4v) is 2.06. The summed E-state index contributed by atoms with van der Waals surface area (Å²) in [6.45, 7) is 6.20. The summed E-state index contributed by atoms with van der Waals surface area (Å²) in [6, 6.07) is 4.11. The zero-order valence-corrected chi connectivity index (χ0v) is 12.7. The predicted molar refractivity (Wildman–Crippen MR) is 84.2 cm³/mol. The third-order valence-corrected chi connectivity index (χ3v) is 3.00. The summed E-state index contributed by atoms with van der Waals surface area (Å²) in [5.41, 5.74) is 3.12. The van der Waals surface area contributed by atoms with E-state index >= 15 is 0 Å². The van der Waals surface area contributed by atoms with Crippen LogP contribution in [0, 0.1) is 0 Å². The molecule has 0 saturated heterocycles. The predicted octanol–water partition coefficient (Wildman–Crippen LogP) is 2.76. The lowest BCUT2D eigenvalue weighted by Crippen LogP contribution is -2.31. The average molecular weight is 273 g/mol. The minimum absolute atomic E-state index is 0.965. The van der Waals surface area contributed by atoms with Crippen LogP contribution >= 0.6 is 0 Å². The molecule has 1 aliphatic heterocycles. The monoisotopic (exact) mass is 273 g/mol. The normalized spacial score (nSPS) is 13.1. The lowest BCUT2D eigenvalue weighted by atomic mass is 10.2. The molecule has 2 aromatic heterocycles. The van der Waals surface area contributed by atoms with Gasteiger partial charge in [0.05, 0.1) is 17.6 Å². The van der Waals surface area contributed by atoms with E-state index in [1.807, 2.05) is 25.5 Å². The number of aromatic nitrogens is 3. The number of pyridine rings is 1. The van der Waals surface area contributed by atoms with E-state index in [9.17, 15) is 0 Å². The summed E-state index contributed by atoms with van der Waals surface area (Å²) in [4.78, 5) is 6.86. The van der Waals surface area contributed by atoms with Crippen LogP contribution in [0.2, 0.25) is 0 Å². The largest absolute Gasteiger partial charge is 0.380 e. The number of rotatable bonds is 1. The fraction of sp³-hybridized carbons (Fsp3) is 0.467. The summed E-state index contributed by atoms with van der Waals surface area (Å²) in [5.74, 6) is 1.01. The highest BCUT2D eigenvalue weighted by molar-refractivity contribution is 5.72. The van der Waals surface area contributed by atoms with Crippen LogP contribution < -0.4 is 10.2 Å². The van der Waals surface area contributed by atoms with E-state index in [1.165, 1.54) is 6.42 Å². The molecule has 0 saturated carbocycles. The smallest absolute Gasteiger partial charge is 0.152 e. The molecule has 0 spiro atoms. The van der Waals surface area contributed by atoms with Crippen LogP contribution in [0.1, 0.15) is 20.3 Å². The summed E-state index contributed by atoms with van der Waals surface area (Å²) in [5, 5.41) is 7.52. The van der Waals surface area contributed by atoms with Gasteiger partial charge in [0.1, 0.15) is 0 Å². The van der Waals surface area contributed by atoms with Gasteiger partial charge in [-0.3, -0.25) is 4.68 Å². The second-order valence-corrected chi connectivity index (χ2v) is 5.03. The first-order chi connectivity index (χ1) is 9.65. The third kappa shape index (κ3) is 3.10. The van der Waals surface area contributed by atoms with Crippen molar-refractivity contribution in [2.45, 2.75) is 20.3 Å². The van der Waals surface area contributed by atoms with Crippen LogP contribution in [0.3, 0.4) is 0 Å². The maximum atomic E-state index is 4.69. The third-order valence-electron chi connectivity index (χ3n) is 3.00. The molecular weight excluding hydrogens is 250 g/mol. The SMILES string of the molecule is CCC.CN1CCNc2ccc(-c3cnn(C)c3)nc21. The summed E-state index contributed by atoms with van der Waals surface area (Å²) >= 11 is 0. The number of anilines is 2. The van der Waals surface area contributed by atoms with E-state index < -0.39 is 0 Å². The van der Waals surface area contributed by atoms with Crippen molar-refractivity contribution in [3.63, 3.8) is 0 Å². The Morgan fingerprint density at radius 1 is 1.25 bits per heavy atom. The number of hydrogen-bond acceptors (Lipinski definition) is 4. The number of nitrogens with zero attached hydrogens (tertiary/aromatic N) is 4. The molecule has 0 fully saturated rings. The fourth-order valence-electron chi connectivity index (χ4n) is 2.06. The van der Waals surface area contributed by atoms with Gasteiger partial charge in [-0.05, 0) is 12.1 Å². The van der Waals surface area contributed by atoms with Gasteiger partial charge in [0, 0.05) is 38.9 Å². The zero-order chi connectivity index (χ0) is 14.5. The Kier molecular flexibility index (Phi) is 4.61. The number of hydrogen-bond donors (Lipinski definition) is 1. The number of likely N-dealkylation sites (N-methyl/N-ethyl adjacent to an activating group) is 1. The van der Waals surface area contributed by atoms with Gasteiger partial charge in [0.25, 0.3) is 0 Å². The molecule has 3 rings (SSSR count). The molecule has 0 unspecified atom stereocenters. The molecule has 0 radical (unpaired) electrons. The van der Waals surface area contributed by atoms with Crippen molar-refractivity contribution < 1.29 is 0 Å². The first kappa shape index (κ1) is 14.4. The molecule has 0 atom stereocenters. The average Bonchev–Trinajstić information content (AvgIpc) is 2.87. The summed E-state index contributed by atoms with van der Waals surface area (Å²) in [6.07, 6.45) is 5.07. The van der Waals surface area contributed by atoms with E-state index in [2.05, 4.69) is 47.3 Å². The van der Waals surface area contributed by atoms with Crippen molar-refractivity contribution in [3.8, 4) is 11.3 Å². The zero-order valence-electron chi connectivity index (χ0n) is 12.7. The quantitative estimate of drug-likeness (QED) is 0.868. The van der Waals surface area contributed by atoms with Crippen molar-refractivity contribution in [2.24, 2.45) is 7.05 Å². The molecule has 0 amide bonds. The van der Waals surface area contributed by atoms with Crippen LogP contribution in [-0.2, 0) is 7.05 Å². The summed E-state index contributed by atoms with van der Waals surface area (Å²) < 4.78 is 1.79. The van der Waals surface area contributed by atoms with Crippen LogP contribution in [0.15, 0.2) is 24.5 Å². The standard InChI is InChI=1S/C12H15N5.C3H8/c1-16-6-5-13-11-4-3-10(15-12(11)16)9-7-14-17(2)8-9;1-3-2/h3-4,7-8,13H,5-6H2,1-2H3;3H2,1-2H3. The van der Waals surface area contributed by atoms with Gasteiger partial charge in [-0.1, -0.05) is 20.3 Å². The molecule has 1 N–H and O–H groups in total. The Morgan fingerprint density at radius 3 is 2.65 bits per heavy atom. The van der Waals surface area contributed by atoms with Crippen molar-refractivity contribution in [1.82, 2.24) is 14.8 Å². The van der Waals surface area contributed by atoms with Crippen LogP contribution in [0.5, 0.6) is 0 Å².